The predicted molar refractivity (Wildman–Crippen MR) is 84.1 cm³/mol. The number of carbonyl (C=O) groups is 1. The highest BCUT2D eigenvalue weighted by atomic mass is 28.3. The zero-order valence-electron chi connectivity index (χ0n) is 13.5. The van der Waals surface area contributed by atoms with Crippen LogP contribution in [0.15, 0.2) is 12.2 Å². The highest BCUT2D eigenvalue weighted by molar-refractivity contribution is 6.82. The molecule has 0 amide bonds. The molecule has 0 N–H and O–H groups in total. The Morgan fingerprint density at radius 2 is 1.89 bits per heavy atom. The highest BCUT2D eigenvalue weighted by Crippen LogP contribution is 2.47. The van der Waals surface area contributed by atoms with Crippen LogP contribution in [0, 0.1) is 0 Å². The first kappa shape index (κ1) is 16.5. The fourth-order valence-corrected chi connectivity index (χ4v) is 5.35. The van der Waals surface area contributed by atoms with Crippen molar-refractivity contribution >= 4 is 14.0 Å². The van der Waals surface area contributed by atoms with Crippen LogP contribution in [0.2, 0.25) is 23.7 Å². The molecule has 1 aliphatic rings. The van der Waals surface area contributed by atoms with E-state index in [0.29, 0.717) is 10.6 Å². The van der Waals surface area contributed by atoms with Crippen LogP contribution in [0.25, 0.3) is 0 Å². The van der Waals surface area contributed by atoms with Crippen molar-refractivity contribution < 1.29 is 9.53 Å². The summed E-state index contributed by atoms with van der Waals surface area (Å²) >= 11 is 0. The van der Waals surface area contributed by atoms with Gasteiger partial charge in [0.1, 0.15) is 6.10 Å². The van der Waals surface area contributed by atoms with Crippen molar-refractivity contribution in [1.82, 2.24) is 0 Å². The molecule has 0 saturated carbocycles. The number of hydrogen-bond donors (Lipinski definition) is 0. The number of rotatable bonds is 5. The van der Waals surface area contributed by atoms with Crippen LogP contribution in [-0.2, 0) is 9.53 Å². The molecule has 0 unspecified atom stereocenters. The van der Waals surface area contributed by atoms with Gasteiger partial charge in [0.2, 0.25) is 0 Å². The average molecular weight is 283 g/mol. The third-order valence-corrected chi connectivity index (χ3v) is 11.1. The Morgan fingerprint density at radius 3 is 2.42 bits per heavy atom. The summed E-state index contributed by atoms with van der Waals surface area (Å²) < 4.78 is 5.64. The maximum atomic E-state index is 11.5. The first-order valence-electron chi connectivity index (χ1n) is 7.59. The standard InChI is InChI=1S/C16H30O2Si/c1-7-8-9-10-13-14(11-12-15(17)18-13)19(5,6)16(2,3)4/h11-14H,7-10H2,1-6H3/t13-,14+/m1/s1. The van der Waals surface area contributed by atoms with Gasteiger partial charge in [-0.15, -0.1) is 0 Å². The minimum absolute atomic E-state index is 0.102. The third kappa shape index (κ3) is 3.94. The summed E-state index contributed by atoms with van der Waals surface area (Å²) in [6, 6.07) is 0. The Bertz CT molecular complexity index is 339. The van der Waals surface area contributed by atoms with Crippen molar-refractivity contribution in [3.05, 3.63) is 12.2 Å². The summed E-state index contributed by atoms with van der Waals surface area (Å²) in [5.41, 5.74) is 0.446. The fourth-order valence-electron chi connectivity index (χ4n) is 2.61. The minimum Gasteiger partial charge on any atom is -0.459 e. The van der Waals surface area contributed by atoms with Gasteiger partial charge in [-0.3, -0.25) is 0 Å². The lowest BCUT2D eigenvalue weighted by molar-refractivity contribution is -0.144. The largest absolute Gasteiger partial charge is 0.459 e. The van der Waals surface area contributed by atoms with Gasteiger partial charge in [0, 0.05) is 11.6 Å². The second kappa shape index (κ2) is 6.25. The van der Waals surface area contributed by atoms with Gasteiger partial charge < -0.3 is 4.74 Å². The van der Waals surface area contributed by atoms with Crippen LogP contribution < -0.4 is 0 Å². The van der Waals surface area contributed by atoms with Gasteiger partial charge in [-0.05, 0) is 17.9 Å². The SMILES string of the molecule is CCCCC[C@H]1OC(=O)C=C[C@@H]1[Si](C)(C)C(C)(C)C. The van der Waals surface area contributed by atoms with Crippen molar-refractivity contribution in [1.29, 1.82) is 0 Å². The molecule has 19 heavy (non-hydrogen) atoms. The molecule has 2 nitrogen and oxygen atoms in total. The van der Waals surface area contributed by atoms with E-state index in [1.807, 2.05) is 0 Å². The number of cyclic esters (lactones) is 1. The third-order valence-electron chi connectivity index (χ3n) is 4.97. The molecule has 0 spiro atoms. The van der Waals surface area contributed by atoms with Gasteiger partial charge in [0.15, 0.2) is 0 Å². The predicted octanol–water partition coefficient (Wildman–Crippen LogP) is 4.93. The van der Waals surface area contributed by atoms with E-state index in [1.165, 1.54) is 12.8 Å². The van der Waals surface area contributed by atoms with Gasteiger partial charge >= 0.3 is 5.97 Å². The van der Waals surface area contributed by atoms with Crippen LogP contribution >= 0.6 is 0 Å². The molecule has 0 aromatic rings. The second-order valence-corrected chi connectivity index (χ2v) is 12.9. The number of unbranched alkanes of at least 4 members (excludes halogenated alkanes) is 2. The summed E-state index contributed by atoms with van der Waals surface area (Å²) in [5.74, 6) is -0.156. The zero-order chi connectivity index (χ0) is 14.7. The number of hydrogen-bond acceptors (Lipinski definition) is 2. The van der Waals surface area contributed by atoms with E-state index >= 15 is 0 Å². The van der Waals surface area contributed by atoms with Crippen LogP contribution in [0.4, 0.5) is 0 Å². The van der Waals surface area contributed by atoms with Gasteiger partial charge in [0.25, 0.3) is 0 Å². The number of esters is 1. The molecular weight excluding hydrogens is 252 g/mol. The Hall–Kier alpha value is -0.573. The smallest absolute Gasteiger partial charge is 0.330 e. The van der Waals surface area contributed by atoms with E-state index in [4.69, 9.17) is 4.74 Å². The van der Waals surface area contributed by atoms with Crippen molar-refractivity contribution in [3.63, 3.8) is 0 Å². The monoisotopic (exact) mass is 282 g/mol. The van der Waals surface area contributed by atoms with Crippen LogP contribution in [0.5, 0.6) is 0 Å². The highest BCUT2D eigenvalue weighted by Gasteiger charge is 2.46. The molecule has 0 radical (unpaired) electrons. The molecule has 0 bridgehead atoms. The first-order valence-corrected chi connectivity index (χ1v) is 10.7. The fraction of sp³-hybridized carbons (Fsp3) is 0.812. The summed E-state index contributed by atoms with van der Waals surface area (Å²) in [6.45, 7) is 14.0. The summed E-state index contributed by atoms with van der Waals surface area (Å²) in [5, 5.41) is 0.314. The van der Waals surface area contributed by atoms with Gasteiger partial charge in [0.05, 0.1) is 8.07 Å². The van der Waals surface area contributed by atoms with Gasteiger partial charge in [-0.1, -0.05) is 59.7 Å². The molecule has 0 aromatic carbocycles. The molecule has 0 aromatic heterocycles. The van der Waals surface area contributed by atoms with Gasteiger partial charge in [-0.2, -0.15) is 0 Å². The molecule has 3 heteroatoms. The molecule has 0 fully saturated rings. The van der Waals surface area contributed by atoms with Crippen LogP contribution in [0.3, 0.4) is 0 Å². The Balaban J connectivity index is 2.87. The van der Waals surface area contributed by atoms with E-state index < -0.39 is 8.07 Å². The number of ether oxygens (including phenoxy) is 1. The lowest BCUT2D eigenvalue weighted by Crippen LogP contribution is -2.48. The lowest BCUT2D eigenvalue weighted by atomic mass is 10.1. The Morgan fingerprint density at radius 1 is 1.26 bits per heavy atom. The van der Waals surface area contributed by atoms with E-state index in [9.17, 15) is 4.79 Å². The maximum Gasteiger partial charge on any atom is 0.330 e. The van der Waals surface area contributed by atoms with E-state index in [1.54, 1.807) is 6.08 Å². The second-order valence-electron chi connectivity index (χ2n) is 7.33. The van der Waals surface area contributed by atoms with Crippen LogP contribution in [0.1, 0.15) is 53.4 Å². The van der Waals surface area contributed by atoms with Crippen molar-refractivity contribution in [2.24, 2.45) is 0 Å². The Kier molecular flexibility index (Phi) is 5.42. The molecular formula is C16H30O2Si. The van der Waals surface area contributed by atoms with E-state index in [-0.39, 0.29) is 12.1 Å². The summed E-state index contributed by atoms with van der Waals surface area (Å²) in [4.78, 5) is 11.5. The van der Waals surface area contributed by atoms with Gasteiger partial charge in [-0.25, -0.2) is 4.79 Å². The summed E-state index contributed by atoms with van der Waals surface area (Å²) in [6.07, 6.45) is 8.49. The first-order chi connectivity index (χ1) is 8.70. The van der Waals surface area contributed by atoms with Crippen molar-refractivity contribution in [2.45, 2.75) is 83.2 Å². The average Bonchev–Trinajstić information content (AvgIpc) is 2.27. The van der Waals surface area contributed by atoms with Crippen molar-refractivity contribution in [2.75, 3.05) is 0 Å². The minimum atomic E-state index is -1.52. The van der Waals surface area contributed by atoms with E-state index in [0.717, 1.165) is 12.8 Å². The zero-order valence-corrected chi connectivity index (χ0v) is 14.5. The topological polar surface area (TPSA) is 26.3 Å². The molecule has 1 aliphatic heterocycles. The Labute approximate surface area is 119 Å². The molecule has 2 atom stereocenters. The number of carbonyl (C=O) groups excluding carboxylic acids is 1. The molecule has 1 rings (SSSR count). The lowest BCUT2D eigenvalue weighted by Gasteiger charge is -2.46. The molecule has 0 aliphatic carbocycles. The molecule has 0 saturated heterocycles. The molecule has 110 valence electrons. The maximum absolute atomic E-state index is 11.5. The van der Waals surface area contributed by atoms with Crippen LogP contribution in [-0.4, -0.2) is 20.1 Å². The van der Waals surface area contributed by atoms with E-state index in [2.05, 4.69) is 46.9 Å². The quantitative estimate of drug-likeness (QED) is 0.406. The van der Waals surface area contributed by atoms with Crippen molar-refractivity contribution in [3.8, 4) is 0 Å². The molecule has 1 heterocycles. The normalized spacial score (nSPS) is 24.4. The summed E-state index contributed by atoms with van der Waals surface area (Å²) in [7, 11) is -1.52.